The number of carboxylic acids is 2. The number of nitrogens with zero attached hydrogens (tertiary/aromatic N) is 15. The number of fused-ring (bicyclic) bond motifs is 8. The number of guanidine groups is 6. The van der Waals surface area contributed by atoms with E-state index in [1.807, 2.05) is 40.1 Å². The predicted octanol–water partition coefficient (Wildman–Crippen LogP) is -7.82. The van der Waals surface area contributed by atoms with Crippen molar-refractivity contribution in [2.75, 3.05) is 105 Å². The molecule has 116 heavy (non-hydrogen) atoms. The Kier molecular flexibility index (Phi) is 41.1. The van der Waals surface area contributed by atoms with Crippen molar-refractivity contribution in [2.45, 2.75) is 133 Å². The van der Waals surface area contributed by atoms with Gasteiger partial charge in [-0.05, 0) is 125 Å². The van der Waals surface area contributed by atoms with Crippen molar-refractivity contribution in [2.24, 2.45) is 104 Å². The Morgan fingerprint density at radius 2 is 0.733 bits per heavy atom. The third kappa shape index (κ3) is 35.5. The van der Waals surface area contributed by atoms with Gasteiger partial charge in [-0.3, -0.25) is 97.7 Å². The molecule has 0 aliphatic carbocycles. The molecule has 0 saturated carbocycles. The summed E-state index contributed by atoms with van der Waals surface area (Å²) >= 11 is 0. The van der Waals surface area contributed by atoms with Gasteiger partial charge < -0.3 is 117 Å². The Bertz CT molecular complexity index is 4050. The van der Waals surface area contributed by atoms with Crippen LogP contribution in [0.2, 0.25) is 0 Å². The van der Waals surface area contributed by atoms with Crippen molar-refractivity contribution in [1.29, 1.82) is 0 Å². The topological polar surface area (TPSA) is 748 Å². The number of aliphatic carboxylic acids is 2. The maximum atomic E-state index is 14.9. The van der Waals surface area contributed by atoms with Crippen LogP contribution >= 0.6 is 0 Å². The smallest absolute Gasteiger partial charge is 0.317 e. The summed E-state index contributed by atoms with van der Waals surface area (Å²) in [5.41, 5.74) is 77.4. The molecule has 3 aliphatic rings. The summed E-state index contributed by atoms with van der Waals surface area (Å²) in [4.78, 5) is 167. The first-order valence-electron chi connectivity index (χ1n) is 37.6. The average Bonchev–Trinajstić information content (AvgIpc) is 1.41. The number of rotatable bonds is 42. The number of amides is 7. The fourth-order valence-electron chi connectivity index (χ4n) is 12.5. The minimum absolute atomic E-state index is 0. The van der Waals surface area contributed by atoms with Crippen LogP contribution in [0.3, 0.4) is 0 Å². The molecule has 643 valence electrons. The van der Waals surface area contributed by atoms with Gasteiger partial charge in [0.2, 0.25) is 35.4 Å². The first-order chi connectivity index (χ1) is 54.9. The number of carbonyl (C=O) groups is 9. The third-order valence-electron chi connectivity index (χ3n) is 18.3. The molecule has 1 radical (unpaired) electrons. The van der Waals surface area contributed by atoms with Crippen molar-refractivity contribution in [3.8, 4) is 22.5 Å². The van der Waals surface area contributed by atoms with E-state index in [-0.39, 0.29) is 221 Å². The number of nitrogens with one attached hydrogen (secondary N) is 6. The Labute approximate surface area is 699 Å². The van der Waals surface area contributed by atoms with Gasteiger partial charge in [-0.25, -0.2) is 9.67 Å². The summed E-state index contributed by atoms with van der Waals surface area (Å²) in [6.07, 6.45) is 1.66. The van der Waals surface area contributed by atoms with E-state index < -0.39 is 89.5 Å². The van der Waals surface area contributed by atoms with Gasteiger partial charge in [0.1, 0.15) is 41.9 Å². The molecule has 3 aromatic heterocycles. The molecule has 45 nitrogen and oxygen atoms in total. The van der Waals surface area contributed by atoms with Gasteiger partial charge in [-0.1, -0.05) is 23.4 Å². The van der Waals surface area contributed by atoms with Crippen molar-refractivity contribution in [1.82, 2.24) is 76.5 Å². The van der Waals surface area contributed by atoms with E-state index in [0.717, 1.165) is 5.69 Å². The average molecular weight is 1780 g/mol. The first kappa shape index (κ1) is 95.2. The van der Waals surface area contributed by atoms with Gasteiger partial charge in [-0.2, -0.15) is 0 Å². The summed E-state index contributed by atoms with van der Waals surface area (Å²) < 4.78 is 1.70. The van der Waals surface area contributed by atoms with Crippen molar-refractivity contribution in [3.05, 3.63) is 83.4 Å². The molecule has 6 atom stereocenters. The van der Waals surface area contributed by atoms with Gasteiger partial charge in [0.15, 0.2) is 35.8 Å². The van der Waals surface area contributed by atoms with Gasteiger partial charge in [0.05, 0.1) is 48.6 Å². The van der Waals surface area contributed by atoms with E-state index in [1.165, 1.54) is 0 Å². The van der Waals surface area contributed by atoms with Crippen LogP contribution in [0, 0.1) is 36.9 Å². The number of aromatic nitrogens is 5. The van der Waals surface area contributed by atoms with Crippen LogP contribution in [-0.2, 0) is 58.0 Å². The second kappa shape index (κ2) is 50.0. The van der Waals surface area contributed by atoms with E-state index >= 15 is 0 Å². The van der Waals surface area contributed by atoms with E-state index in [1.54, 1.807) is 35.1 Å². The number of benzene rings is 1. The first-order valence-corrected chi connectivity index (χ1v) is 37.6. The molecule has 3 aliphatic heterocycles. The largest absolute Gasteiger partial charge is 0.480 e. The number of primary amides is 1. The number of hydrogen-bond donors (Lipinski definition) is 21. The summed E-state index contributed by atoms with van der Waals surface area (Å²) in [7, 11) is 0. The molecule has 1 fully saturated rings. The number of carbonyl (C=O) groups excluding carboxylic acids is 7. The number of nitrogens with two attached hydrogens (primary N) is 13. The van der Waals surface area contributed by atoms with E-state index in [9.17, 15) is 53.4 Å². The monoisotopic (exact) mass is 1780 g/mol. The van der Waals surface area contributed by atoms with Gasteiger partial charge >= 0.3 is 11.9 Å². The molecular formula is C70H112LuN34O11. The second-order valence-electron chi connectivity index (χ2n) is 27.5. The Morgan fingerprint density at radius 3 is 1.09 bits per heavy atom. The van der Waals surface area contributed by atoms with Crippen LogP contribution in [0.1, 0.15) is 104 Å². The van der Waals surface area contributed by atoms with Gasteiger partial charge in [0.25, 0.3) is 5.91 Å². The third-order valence-corrected chi connectivity index (χ3v) is 18.3. The molecule has 0 unspecified atom stereocenters. The number of hydrogen-bond acceptors (Lipinski definition) is 23. The van der Waals surface area contributed by atoms with Crippen molar-refractivity contribution >= 4 is 89.0 Å². The van der Waals surface area contributed by atoms with Crippen LogP contribution in [0.5, 0.6) is 0 Å². The number of aliphatic imine (C=N–C) groups is 6. The zero-order valence-electron chi connectivity index (χ0n) is 64.7. The van der Waals surface area contributed by atoms with E-state index in [4.69, 9.17) is 84.5 Å². The van der Waals surface area contributed by atoms with Crippen molar-refractivity contribution in [3.63, 3.8) is 0 Å². The SMILES string of the molecule is NC(=O)[C@H](CCCN=C(N)N)NC(=O)[C@@H](CCCN=C(N)N)NC(=O)[C@H](CCCN=C(N)N)NC(=O)[C@@H](CCCN=C(N)N)NC(=O)[C@H](CCCN=C(N)N)NC(=O)[C@@H](CCCN=C(N)N)NC(=O)c1ccc(-c2cc3nc(c2)Cn2nncc2-c2cccc(n2)CN2CCN(CC(=O)O)CCN(CCN(CC(=O)O)CC2)C3)cc1.[Lu]. The molecule has 6 heterocycles. The Balaban J connectivity index is 0.0000240. The molecule has 7 rings (SSSR count). The Morgan fingerprint density at radius 1 is 0.397 bits per heavy atom. The van der Waals surface area contributed by atoms with Crippen molar-refractivity contribution < 1.29 is 90.2 Å². The van der Waals surface area contributed by atoms with Gasteiger partial charge in [0, 0.05) is 147 Å². The minimum atomic E-state index is -1.50. The van der Waals surface area contributed by atoms with Crippen LogP contribution < -0.4 is 106 Å². The van der Waals surface area contributed by atoms with Crippen LogP contribution in [0.25, 0.3) is 22.5 Å². The van der Waals surface area contributed by atoms with E-state index in [0.29, 0.717) is 92.8 Å². The molecule has 46 heteroatoms. The minimum Gasteiger partial charge on any atom is -0.480 e. The fraction of sp³-hybridized carbons (Fsp3) is 0.529. The standard InChI is InChI=1S/C70H112N34O11.Lu/c71-58(109)49(10-2-20-84-65(72)73)93-60(111)51(12-4-22-86-67(76)77)95-62(113)53(14-6-24-88-69(80)81)97-64(115)54(15-7-25-89-70(82)83)98-63(114)52(13-5-23-87-68(78)79)96-61(112)50(11-3-21-85-66(74)75)94-59(110)43-18-16-42(17-19-43)44-34-46-38-101-28-32-102(40-56(105)106)30-26-100(27-31-103(33-29-101)41-57(107)108)37-45-8-1-9-48(92-45)55-36-90-99-104(55)39-47(35-44)91-46;/h1,8-9,16-19,34-36,49-54H,2-7,10-15,20-33,37-41H2,(H2,71,109)(H,93,111)(H,94,110)(H,95,113)(H,96,112)(H,97,115)(H,98,114)(H,105,106)(H,107,108)(H4,72,73,84)(H4,74,75,85)(H4,76,77,86)(H4,78,79,87)(H4,80,81,88)(H4,82,83,89);/t49-,50+,51+,52-,53-,54+;/m0./s1. The number of pyridine rings is 2. The zero-order valence-corrected chi connectivity index (χ0v) is 66.4. The zero-order chi connectivity index (χ0) is 83.9. The maximum absolute atomic E-state index is 14.9. The molecular weight excluding hydrogens is 1670 g/mol. The molecule has 7 amide bonds. The predicted molar refractivity (Wildman–Crippen MR) is 430 cm³/mol. The fourth-order valence-corrected chi connectivity index (χ4v) is 12.5. The molecule has 0 spiro atoms. The molecule has 34 N–H and O–H groups in total. The molecule has 4 aromatic rings. The van der Waals surface area contributed by atoms with Crippen LogP contribution in [0.15, 0.2) is 90.7 Å². The van der Waals surface area contributed by atoms with Crippen LogP contribution in [0.4, 0.5) is 0 Å². The molecule has 1 aromatic carbocycles. The van der Waals surface area contributed by atoms with Crippen LogP contribution in [-0.4, -0.2) is 285 Å². The summed E-state index contributed by atoms with van der Waals surface area (Å²) in [6, 6.07) is 7.51. The summed E-state index contributed by atoms with van der Waals surface area (Å²) in [5, 5.41) is 45.0. The number of carboxylic acid groups (broad SMARTS) is 2. The normalized spacial score (nSPS) is 15.9. The molecule has 6 bridgehead atoms. The van der Waals surface area contributed by atoms with Gasteiger partial charge in [-0.15, -0.1) is 5.10 Å². The summed E-state index contributed by atoms with van der Waals surface area (Å²) in [5.74, 6) is -9.44. The maximum Gasteiger partial charge on any atom is 0.317 e. The quantitative estimate of drug-likeness (QED) is 0.0111. The second-order valence-corrected chi connectivity index (χ2v) is 27.5. The van der Waals surface area contributed by atoms with E-state index in [2.05, 4.69) is 82.0 Å². The molecule has 1 saturated heterocycles. The summed E-state index contributed by atoms with van der Waals surface area (Å²) in [6.45, 7) is 3.80. The Hall–Kier alpha value is -11.4.